The Labute approximate surface area is 101 Å². The molecular formula is C13H17N3O. The molecule has 0 saturated heterocycles. The Balaban J connectivity index is 2.24. The first kappa shape index (κ1) is 11.8. The van der Waals surface area contributed by atoms with Crippen LogP contribution in [0.25, 0.3) is 10.8 Å². The lowest BCUT2D eigenvalue weighted by Gasteiger charge is -2.22. The number of aliphatic hydroxyl groups excluding tert-OH is 1. The van der Waals surface area contributed by atoms with E-state index in [0.717, 1.165) is 16.6 Å². The third-order valence-electron chi connectivity index (χ3n) is 2.73. The van der Waals surface area contributed by atoms with Crippen LogP contribution in [0.4, 0.5) is 5.82 Å². The van der Waals surface area contributed by atoms with E-state index in [-0.39, 0.29) is 12.0 Å². The predicted molar refractivity (Wildman–Crippen MR) is 68.9 cm³/mol. The Kier molecular flexibility index (Phi) is 3.24. The van der Waals surface area contributed by atoms with Crippen LogP contribution >= 0.6 is 0 Å². The highest BCUT2D eigenvalue weighted by atomic mass is 16.3. The molecular weight excluding hydrogens is 214 g/mol. The molecule has 2 rings (SSSR count). The standard InChI is InChI=1S/C13H17N3O/c1-13(2,9-17)8-14-12-11-6-4-3-5-10(11)7-15-16-12/h3-7,17H,8-9H2,1-2H3,(H,14,16). The Morgan fingerprint density at radius 2 is 2.06 bits per heavy atom. The van der Waals surface area contributed by atoms with Gasteiger partial charge in [-0.1, -0.05) is 38.1 Å². The van der Waals surface area contributed by atoms with Crippen molar-refractivity contribution in [3.8, 4) is 0 Å². The summed E-state index contributed by atoms with van der Waals surface area (Å²) in [5, 5.41) is 22.6. The topological polar surface area (TPSA) is 58.0 Å². The molecule has 4 nitrogen and oxygen atoms in total. The van der Waals surface area contributed by atoms with Gasteiger partial charge in [-0.25, -0.2) is 0 Å². The van der Waals surface area contributed by atoms with Gasteiger partial charge in [0.25, 0.3) is 0 Å². The zero-order valence-corrected chi connectivity index (χ0v) is 10.1. The summed E-state index contributed by atoms with van der Waals surface area (Å²) in [6.45, 7) is 4.79. The normalized spacial score (nSPS) is 11.7. The second-order valence-electron chi connectivity index (χ2n) is 4.96. The van der Waals surface area contributed by atoms with Crippen LogP contribution in [0.3, 0.4) is 0 Å². The van der Waals surface area contributed by atoms with Gasteiger partial charge in [0.05, 0.1) is 6.20 Å². The third-order valence-corrected chi connectivity index (χ3v) is 2.73. The van der Waals surface area contributed by atoms with Gasteiger partial charge in [0.2, 0.25) is 0 Å². The van der Waals surface area contributed by atoms with Crippen molar-refractivity contribution < 1.29 is 5.11 Å². The van der Waals surface area contributed by atoms with Crippen LogP contribution in [0.2, 0.25) is 0 Å². The lowest BCUT2D eigenvalue weighted by molar-refractivity contribution is 0.171. The van der Waals surface area contributed by atoms with Crippen molar-refractivity contribution in [2.45, 2.75) is 13.8 Å². The van der Waals surface area contributed by atoms with Gasteiger partial charge in [0, 0.05) is 29.3 Å². The number of nitrogens with one attached hydrogen (secondary N) is 1. The number of aromatic nitrogens is 2. The Morgan fingerprint density at radius 3 is 2.82 bits per heavy atom. The van der Waals surface area contributed by atoms with Gasteiger partial charge < -0.3 is 10.4 Å². The highest BCUT2D eigenvalue weighted by Gasteiger charge is 2.16. The fourth-order valence-electron chi connectivity index (χ4n) is 1.54. The summed E-state index contributed by atoms with van der Waals surface area (Å²) in [5.41, 5.74) is -0.168. The molecule has 90 valence electrons. The van der Waals surface area contributed by atoms with E-state index in [1.165, 1.54) is 0 Å². The summed E-state index contributed by atoms with van der Waals surface area (Å²) in [6, 6.07) is 7.97. The fraction of sp³-hybridized carbons (Fsp3) is 0.385. The minimum Gasteiger partial charge on any atom is -0.396 e. The van der Waals surface area contributed by atoms with Gasteiger partial charge in [-0.2, -0.15) is 5.10 Å². The van der Waals surface area contributed by atoms with Crippen LogP contribution < -0.4 is 5.32 Å². The van der Waals surface area contributed by atoms with Crippen molar-refractivity contribution in [3.05, 3.63) is 30.5 Å². The molecule has 0 atom stereocenters. The number of aliphatic hydroxyl groups is 1. The van der Waals surface area contributed by atoms with Gasteiger partial charge in [0.1, 0.15) is 0 Å². The smallest absolute Gasteiger partial charge is 0.156 e. The van der Waals surface area contributed by atoms with E-state index in [1.54, 1.807) is 6.20 Å². The molecule has 1 aromatic carbocycles. The van der Waals surface area contributed by atoms with E-state index in [0.29, 0.717) is 6.54 Å². The zero-order valence-electron chi connectivity index (χ0n) is 10.1. The number of anilines is 1. The van der Waals surface area contributed by atoms with Gasteiger partial charge >= 0.3 is 0 Å². The summed E-state index contributed by atoms with van der Waals surface area (Å²) in [5.74, 6) is 0.768. The summed E-state index contributed by atoms with van der Waals surface area (Å²) in [4.78, 5) is 0. The average molecular weight is 231 g/mol. The molecule has 17 heavy (non-hydrogen) atoms. The second kappa shape index (κ2) is 4.67. The first-order valence-corrected chi connectivity index (χ1v) is 5.67. The Morgan fingerprint density at radius 1 is 1.29 bits per heavy atom. The average Bonchev–Trinajstić information content (AvgIpc) is 2.36. The fourth-order valence-corrected chi connectivity index (χ4v) is 1.54. The molecule has 0 aliphatic carbocycles. The highest BCUT2D eigenvalue weighted by Crippen LogP contribution is 2.21. The first-order valence-electron chi connectivity index (χ1n) is 5.67. The second-order valence-corrected chi connectivity index (χ2v) is 4.96. The minimum atomic E-state index is -0.168. The molecule has 0 bridgehead atoms. The highest BCUT2D eigenvalue weighted by molar-refractivity contribution is 5.90. The summed E-state index contributed by atoms with van der Waals surface area (Å²) in [6.07, 6.45) is 1.75. The first-order chi connectivity index (χ1) is 8.12. The van der Waals surface area contributed by atoms with Crippen LogP contribution in [-0.2, 0) is 0 Å². The summed E-state index contributed by atoms with van der Waals surface area (Å²) >= 11 is 0. The number of hydrogen-bond donors (Lipinski definition) is 2. The predicted octanol–water partition coefficient (Wildman–Crippen LogP) is 2.06. The molecule has 0 radical (unpaired) electrons. The van der Waals surface area contributed by atoms with E-state index in [9.17, 15) is 5.11 Å². The van der Waals surface area contributed by atoms with Gasteiger partial charge in [0.15, 0.2) is 5.82 Å². The zero-order chi connectivity index (χ0) is 12.3. The van der Waals surface area contributed by atoms with Crippen LogP contribution in [0, 0.1) is 5.41 Å². The maximum atomic E-state index is 9.21. The molecule has 0 unspecified atom stereocenters. The molecule has 0 spiro atoms. The van der Waals surface area contributed by atoms with E-state index in [1.807, 2.05) is 38.1 Å². The Hall–Kier alpha value is -1.68. The van der Waals surface area contributed by atoms with Gasteiger partial charge in [-0.15, -0.1) is 5.10 Å². The van der Waals surface area contributed by atoms with Crippen molar-refractivity contribution in [1.29, 1.82) is 0 Å². The molecule has 4 heteroatoms. The molecule has 0 fully saturated rings. The van der Waals surface area contributed by atoms with E-state index in [4.69, 9.17) is 0 Å². The van der Waals surface area contributed by atoms with E-state index in [2.05, 4.69) is 15.5 Å². The quantitative estimate of drug-likeness (QED) is 0.845. The SMILES string of the molecule is CC(C)(CO)CNc1nncc2ccccc12. The molecule has 1 aromatic heterocycles. The maximum absolute atomic E-state index is 9.21. The van der Waals surface area contributed by atoms with Crippen molar-refractivity contribution in [2.24, 2.45) is 5.41 Å². The van der Waals surface area contributed by atoms with Crippen LogP contribution in [0.5, 0.6) is 0 Å². The van der Waals surface area contributed by atoms with Crippen molar-refractivity contribution in [1.82, 2.24) is 10.2 Å². The summed E-state index contributed by atoms with van der Waals surface area (Å²) in [7, 11) is 0. The van der Waals surface area contributed by atoms with E-state index < -0.39 is 0 Å². The molecule has 0 amide bonds. The molecule has 2 aromatic rings. The molecule has 2 N–H and O–H groups in total. The lowest BCUT2D eigenvalue weighted by atomic mass is 9.95. The molecule has 0 aliphatic rings. The largest absolute Gasteiger partial charge is 0.396 e. The molecule has 0 saturated carbocycles. The van der Waals surface area contributed by atoms with Crippen LogP contribution in [0.15, 0.2) is 30.5 Å². The van der Waals surface area contributed by atoms with Crippen molar-refractivity contribution >= 4 is 16.6 Å². The summed E-state index contributed by atoms with van der Waals surface area (Å²) < 4.78 is 0. The van der Waals surface area contributed by atoms with Crippen molar-refractivity contribution in [2.75, 3.05) is 18.5 Å². The minimum absolute atomic E-state index is 0.137. The lowest BCUT2D eigenvalue weighted by Crippen LogP contribution is -2.27. The van der Waals surface area contributed by atoms with Crippen LogP contribution in [0.1, 0.15) is 13.8 Å². The van der Waals surface area contributed by atoms with Crippen molar-refractivity contribution in [3.63, 3.8) is 0 Å². The number of fused-ring (bicyclic) bond motifs is 1. The number of hydrogen-bond acceptors (Lipinski definition) is 4. The van der Waals surface area contributed by atoms with Gasteiger partial charge in [-0.3, -0.25) is 0 Å². The Bertz CT molecular complexity index is 505. The molecule has 1 heterocycles. The van der Waals surface area contributed by atoms with Gasteiger partial charge in [-0.05, 0) is 0 Å². The number of rotatable bonds is 4. The van der Waals surface area contributed by atoms with Crippen LogP contribution in [-0.4, -0.2) is 28.5 Å². The third kappa shape index (κ3) is 2.71. The number of benzene rings is 1. The van der Waals surface area contributed by atoms with E-state index >= 15 is 0 Å². The number of nitrogens with zero attached hydrogens (tertiary/aromatic N) is 2. The maximum Gasteiger partial charge on any atom is 0.156 e. The molecule has 0 aliphatic heterocycles. The monoisotopic (exact) mass is 231 g/mol.